The molecule has 0 aromatic carbocycles. The van der Waals surface area contributed by atoms with Crippen molar-refractivity contribution in [1.29, 1.82) is 0 Å². The van der Waals surface area contributed by atoms with Crippen molar-refractivity contribution in [3.05, 3.63) is 29.8 Å². The smallest absolute Gasteiger partial charge is 0.303 e. The average Bonchev–Trinajstić information content (AvgIpc) is 2.45. The Hall–Kier alpha value is -1.98. The molecule has 1 aromatic rings. The fourth-order valence-corrected chi connectivity index (χ4v) is 2.53. The van der Waals surface area contributed by atoms with Crippen molar-refractivity contribution in [2.45, 2.75) is 25.7 Å². The summed E-state index contributed by atoms with van der Waals surface area (Å²) in [5.41, 5.74) is 0.0267. The van der Waals surface area contributed by atoms with Gasteiger partial charge in [0.25, 0.3) is 5.91 Å². The van der Waals surface area contributed by atoms with Crippen LogP contribution in [0.3, 0.4) is 0 Å². The monoisotopic (exact) mass is 280 g/mol. The predicted molar refractivity (Wildman–Crippen MR) is 69.7 cm³/mol. The molecule has 0 radical (unpaired) electrons. The van der Waals surface area contributed by atoms with Gasteiger partial charge in [-0.05, 0) is 31.2 Å². The van der Waals surface area contributed by atoms with Crippen LogP contribution >= 0.6 is 0 Å². The van der Waals surface area contributed by atoms with Crippen LogP contribution < -0.4 is 0 Å². The van der Waals surface area contributed by atoms with Crippen LogP contribution in [0, 0.1) is 11.7 Å². The summed E-state index contributed by atoms with van der Waals surface area (Å²) in [4.78, 5) is 28.1. The first kappa shape index (κ1) is 14.4. The van der Waals surface area contributed by atoms with Gasteiger partial charge < -0.3 is 10.0 Å². The lowest BCUT2D eigenvalue weighted by atomic mass is 9.93. The third-order valence-electron chi connectivity index (χ3n) is 3.58. The quantitative estimate of drug-likeness (QED) is 0.915. The van der Waals surface area contributed by atoms with Crippen LogP contribution in [-0.2, 0) is 4.79 Å². The molecule has 1 fully saturated rings. The third kappa shape index (κ3) is 3.53. The van der Waals surface area contributed by atoms with Crippen molar-refractivity contribution in [1.82, 2.24) is 9.88 Å². The first-order valence-corrected chi connectivity index (χ1v) is 6.68. The molecular formula is C14H17FN2O3. The van der Waals surface area contributed by atoms with E-state index in [0.717, 1.165) is 19.0 Å². The molecule has 2 rings (SSSR count). The van der Waals surface area contributed by atoms with Crippen molar-refractivity contribution >= 4 is 11.9 Å². The zero-order chi connectivity index (χ0) is 14.5. The van der Waals surface area contributed by atoms with E-state index in [-0.39, 0.29) is 23.8 Å². The fraction of sp³-hybridized carbons (Fsp3) is 0.500. The number of carboxylic acid groups (broad SMARTS) is 1. The third-order valence-corrected chi connectivity index (χ3v) is 3.58. The first-order chi connectivity index (χ1) is 9.58. The summed E-state index contributed by atoms with van der Waals surface area (Å²) in [5.74, 6) is -1.61. The molecule has 1 aliphatic rings. The summed E-state index contributed by atoms with van der Waals surface area (Å²) in [7, 11) is 0. The SMILES string of the molecule is O=C(O)CCC1CCCN(C(=O)c2ccncc2F)C1. The van der Waals surface area contributed by atoms with Crippen molar-refractivity contribution in [2.24, 2.45) is 5.92 Å². The second-order valence-electron chi connectivity index (χ2n) is 5.05. The van der Waals surface area contributed by atoms with E-state index in [2.05, 4.69) is 4.98 Å². The number of carbonyl (C=O) groups is 2. The number of piperidine rings is 1. The van der Waals surface area contributed by atoms with Gasteiger partial charge in [-0.1, -0.05) is 0 Å². The molecule has 20 heavy (non-hydrogen) atoms. The largest absolute Gasteiger partial charge is 0.481 e. The summed E-state index contributed by atoms with van der Waals surface area (Å²) in [6, 6.07) is 1.37. The van der Waals surface area contributed by atoms with E-state index in [1.54, 1.807) is 4.90 Å². The van der Waals surface area contributed by atoms with E-state index in [9.17, 15) is 14.0 Å². The van der Waals surface area contributed by atoms with E-state index in [1.165, 1.54) is 12.3 Å². The summed E-state index contributed by atoms with van der Waals surface area (Å²) < 4.78 is 13.6. The fourth-order valence-electron chi connectivity index (χ4n) is 2.53. The Morgan fingerprint density at radius 1 is 1.50 bits per heavy atom. The summed E-state index contributed by atoms with van der Waals surface area (Å²) in [6.45, 7) is 1.08. The molecule has 1 atom stereocenters. The van der Waals surface area contributed by atoms with Crippen LogP contribution in [0.15, 0.2) is 18.5 Å². The highest BCUT2D eigenvalue weighted by Gasteiger charge is 2.26. The molecule has 1 unspecified atom stereocenters. The van der Waals surface area contributed by atoms with Gasteiger partial charge in [0.05, 0.1) is 11.8 Å². The summed E-state index contributed by atoms with van der Waals surface area (Å²) in [5, 5.41) is 8.70. The highest BCUT2D eigenvalue weighted by molar-refractivity contribution is 5.94. The standard InChI is InChI=1S/C14H17FN2O3/c15-12-8-16-6-5-11(12)14(20)17-7-1-2-10(9-17)3-4-13(18)19/h5-6,8,10H,1-4,7,9H2,(H,18,19). The van der Waals surface area contributed by atoms with E-state index < -0.39 is 11.8 Å². The molecule has 0 bridgehead atoms. The molecule has 1 amide bonds. The number of hydrogen-bond acceptors (Lipinski definition) is 3. The van der Waals surface area contributed by atoms with Crippen LogP contribution in [0.5, 0.6) is 0 Å². The molecular weight excluding hydrogens is 263 g/mol. The zero-order valence-electron chi connectivity index (χ0n) is 11.1. The topological polar surface area (TPSA) is 70.5 Å². The highest BCUT2D eigenvalue weighted by atomic mass is 19.1. The molecule has 0 aliphatic carbocycles. The number of rotatable bonds is 4. The Labute approximate surface area is 116 Å². The summed E-state index contributed by atoms with van der Waals surface area (Å²) in [6.07, 6.45) is 4.81. The maximum absolute atomic E-state index is 13.6. The Kier molecular flexibility index (Phi) is 4.65. The van der Waals surface area contributed by atoms with Crippen molar-refractivity contribution in [2.75, 3.05) is 13.1 Å². The van der Waals surface area contributed by atoms with Crippen LogP contribution in [0.25, 0.3) is 0 Å². The van der Waals surface area contributed by atoms with Gasteiger partial charge in [0.15, 0.2) is 5.82 Å². The number of halogens is 1. The van der Waals surface area contributed by atoms with Gasteiger partial charge >= 0.3 is 5.97 Å². The lowest BCUT2D eigenvalue weighted by molar-refractivity contribution is -0.137. The molecule has 108 valence electrons. The molecule has 2 heterocycles. The number of likely N-dealkylation sites (tertiary alicyclic amines) is 1. The first-order valence-electron chi connectivity index (χ1n) is 6.68. The Morgan fingerprint density at radius 3 is 3.00 bits per heavy atom. The molecule has 5 nitrogen and oxygen atoms in total. The number of carbonyl (C=O) groups excluding carboxylic acids is 1. The highest BCUT2D eigenvalue weighted by Crippen LogP contribution is 2.22. The molecule has 6 heteroatoms. The lowest BCUT2D eigenvalue weighted by Crippen LogP contribution is -2.40. The van der Waals surface area contributed by atoms with Crippen molar-refractivity contribution in [3.8, 4) is 0 Å². The second kappa shape index (κ2) is 6.45. The molecule has 0 spiro atoms. The predicted octanol–water partition coefficient (Wildman–Crippen LogP) is 1.94. The van der Waals surface area contributed by atoms with Crippen molar-refractivity contribution < 1.29 is 19.1 Å². The summed E-state index contributed by atoms with van der Waals surface area (Å²) >= 11 is 0. The van der Waals surface area contributed by atoms with Gasteiger partial charge in [-0.2, -0.15) is 0 Å². The van der Waals surface area contributed by atoms with E-state index in [0.29, 0.717) is 19.5 Å². The van der Waals surface area contributed by atoms with E-state index >= 15 is 0 Å². The van der Waals surface area contributed by atoms with Gasteiger partial charge in [-0.25, -0.2) is 4.39 Å². The van der Waals surface area contributed by atoms with Crippen LogP contribution in [0.4, 0.5) is 4.39 Å². The minimum Gasteiger partial charge on any atom is -0.481 e. The maximum Gasteiger partial charge on any atom is 0.303 e. The molecule has 1 aromatic heterocycles. The lowest BCUT2D eigenvalue weighted by Gasteiger charge is -2.32. The number of aliphatic carboxylic acids is 1. The van der Waals surface area contributed by atoms with Gasteiger partial charge in [-0.15, -0.1) is 0 Å². The molecule has 1 aliphatic heterocycles. The van der Waals surface area contributed by atoms with Gasteiger partial charge in [0.2, 0.25) is 0 Å². The average molecular weight is 280 g/mol. The number of amides is 1. The normalized spacial score (nSPS) is 18.9. The molecule has 1 N–H and O–H groups in total. The molecule has 1 saturated heterocycles. The Morgan fingerprint density at radius 2 is 2.30 bits per heavy atom. The van der Waals surface area contributed by atoms with Crippen LogP contribution in [-0.4, -0.2) is 40.0 Å². The van der Waals surface area contributed by atoms with Gasteiger partial charge in [0.1, 0.15) is 0 Å². The maximum atomic E-state index is 13.6. The van der Waals surface area contributed by atoms with Gasteiger partial charge in [-0.3, -0.25) is 14.6 Å². The number of carboxylic acids is 1. The zero-order valence-corrected chi connectivity index (χ0v) is 11.1. The number of aromatic nitrogens is 1. The minimum absolute atomic E-state index is 0.0267. The van der Waals surface area contributed by atoms with E-state index in [4.69, 9.17) is 5.11 Å². The Balaban J connectivity index is 2.00. The van der Waals surface area contributed by atoms with Crippen molar-refractivity contribution in [3.63, 3.8) is 0 Å². The second-order valence-corrected chi connectivity index (χ2v) is 5.05. The number of nitrogens with zero attached hydrogens (tertiary/aromatic N) is 2. The Bertz CT molecular complexity index is 507. The van der Waals surface area contributed by atoms with Crippen LogP contribution in [0.2, 0.25) is 0 Å². The number of hydrogen-bond donors (Lipinski definition) is 1. The van der Waals surface area contributed by atoms with Gasteiger partial charge in [0, 0.05) is 25.7 Å². The van der Waals surface area contributed by atoms with Crippen LogP contribution in [0.1, 0.15) is 36.0 Å². The van der Waals surface area contributed by atoms with E-state index in [1.807, 2.05) is 0 Å². The number of pyridine rings is 1. The molecule has 0 saturated carbocycles. The minimum atomic E-state index is -0.825.